The summed E-state index contributed by atoms with van der Waals surface area (Å²) in [6.45, 7) is 3.82. The van der Waals surface area contributed by atoms with Gasteiger partial charge in [-0.3, -0.25) is 4.79 Å². The Hall–Kier alpha value is -2.30. The molecule has 90 valence electrons. The lowest BCUT2D eigenvalue weighted by Crippen LogP contribution is -2.25. The molecule has 0 fully saturated rings. The van der Waals surface area contributed by atoms with Gasteiger partial charge in [0.1, 0.15) is 0 Å². The van der Waals surface area contributed by atoms with Gasteiger partial charge in [0.2, 0.25) is 0 Å². The van der Waals surface area contributed by atoms with E-state index in [0.29, 0.717) is 6.54 Å². The molecule has 0 aliphatic heterocycles. The van der Waals surface area contributed by atoms with Crippen molar-refractivity contribution in [3.05, 3.63) is 42.0 Å². The summed E-state index contributed by atoms with van der Waals surface area (Å²) in [4.78, 5) is 23.1. The number of carbonyl (C=O) groups is 2. The molecule has 0 unspecified atom stereocenters. The molecule has 5 heteroatoms. The van der Waals surface area contributed by atoms with Crippen LogP contribution in [-0.2, 0) is 4.74 Å². The summed E-state index contributed by atoms with van der Waals surface area (Å²) < 4.78 is 4.57. The summed E-state index contributed by atoms with van der Waals surface area (Å²) in [5, 5.41) is 2.58. The minimum absolute atomic E-state index is 0.112. The summed E-state index contributed by atoms with van der Waals surface area (Å²) in [7, 11) is 1.26. The fraction of sp³-hybridized carbons (Fsp3) is 0.167. The first-order valence-corrected chi connectivity index (χ1v) is 4.97. The van der Waals surface area contributed by atoms with Crippen LogP contribution in [0.15, 0.2) is 30.9 Å². The summed E-state index contributed by atoms with van der Waals surface area (Å²) in [5.74, 6) is -0.922. The Morgan fingerprint density at radius 2 is 2.12 bits per heavy atom. The molecule has 1 amide bonds. The highest BCUT2D eigenvalue weighted by Crippen LogP contribution is 2.18. The Balaban J connectivity index is 3.05. The zero-order chi connectivity index (χ0) is 12.8. The van der Waals surface area contributed by atoms with Crippen molar-refractivity contribution in [3.8, 4) is 0 Å². The molecule has 0 bridgehead atoms. The number of nitrogen functional groups attached to an aromatic ring is 1. The van der Waals surface area contributed by atoms with Gasteiger partial charge in [0.15, 0.2) is 0 Å². The molecular formula is C12H14N2O3. The number of anilines is 1. The van der Waals surface area contributed by atoms with E-state index in [0.717, 1.165) is 0 Å². The number of benzene rings is 1. The van der Waals surface area contributed by atoms with Crippen LogP contribution >= 0.6 is 0 Å². The van der Waals surface area contributed by atoms with Crippen molar-refractivity contribution in [2.45, 2.75) is 0 Å². The zero-order valence-electron chi connectivity index (χ0n) is 9.53. The lowest BCUT2D eigenvalue weighted by atomic mass is 10.1. The molecule has 0 aliphatic carbocycles. The predicted octanol–water partition coefficient (Wildman–Crippen LogP) is 0.971. The normalized spacial score (nSPS) is 9.47. The number of nitrogens with one attached hydrogen (secondary N) is 1. The van der Waals surface area contributed by atoms with Gasteiger partial charge in [-0.2, -0.15) is 0 Å². The van der Waals surface area contributed by atoms with Crippen LogP contribution in [0.3, 0.4) is 0 Å². The Labute approximate surface area is 99.3 Å². The van der Waals surface area contributed by atoms with E-state index in [1.54, 1.807) is 18.2 Å². The molecule has 0 aromatic heterocycles. The number of ether oxygens (including phenoxy) is 1. The van der Waals surface area contributed by atoms with Gasteiger partial charge in [-0.1, -0.05) is 12.1 Å². The quantitative estimate of drug-likeness (QED) is 0.462. The molecule has 0 radical (unpaired) electrons. The molecule has 0 spiro atoms. The van der Waals surface area contributed by atoms with Gasteiger partial charge >= 0.3 is 5.97 Å². The number of amides is 1. The van der Waals surface area contributed by atoms with Crippen LogP contribution in [0.1, 0.15) is 20.7 Å². The number of nitrogens with two attached hydrogens (primary N) is 1. The van der Waals surface area contributed by atoms with Gasteiger partial charge in [0, 0.05) is 6.54 Å². The van der Waals surface area contributed by atoms with Gasteiger partial charge in [-0.15, -0.1) is 6.58 Å². The highest BCUT2D eigenvalue weighted by molar-refractivity contribution is 6.05. The van der Waals surface area contributed by atoms with E-state index in [1.165, 1.54) is 13.2 Å². The first-order chi connectivity index (χ1) is 8.11. The number of hydrogen-bond acceptors (Lipinski definition) is 4. The summed E-state index contributed by atoms with van der Waals surface area (Å²) in [5.41, 5.74) is 6.28. The highest BCUT2D eigenvalue weighted by atomic mass is 16.5. The van der Waals surface area contributed by atoms with Crippen molar-refractivity contribution in [2.24, 2.45) is 0 Å². The van der Waals surface area contributed by atoms with Gasteiger partial charge in [-0.05, 0) is 12.1 Å². The summed E-state index contributed by atoms with van der Waals surface area (Å²) >= 11 is 0. The van der Waals surface area contributed by atoms with Gasteiger partial charge in [-0.25, -0.2) is 4.79 Å². The van der Waals surface area contributed by atoms with Crippen molar-refractivity contribution >= 4 is 17.6 Å². The molecule has 1 aromatic carbocycles. The topological polar surface area (TPSA) is 81.4 Å². The van der Waals surface area contributed by atoms with E-state index in [-0.39, 0.29) is 22.7 Å². The third kappa shape index (κ3) is 2.84. The molecule has 5 nitrogen and oxygen atoms in total. The van der Waals surface area contributed by atoms with E-state index >= 15 is 0 Å². The molecule has 0 heterocycles. The lowest BCUT2D eigenvalue weighted by Gasteiger charge is -2.09. The highest BCUT2D eigenvalue weighted by Gasteiger charge is 2.16. The maximum absolute atomic E-state index is 11.7. The summed E-state index contributed by atoms with van der Waals surface area (Å²) in [6, 6.07) is 4.62. The second-order valence-corrected chi connectivity index (χ2v) is 3.26. The fourth-order valence-corrected chi connectivity index (χ4v) is 1.31. The largest absolute Gasteiger partial charge is 0.465 e. The van der Waals surface area contributed by atoms with E-state index in [2.05, 4.69) is 16.6 Å². The third-order valence-electron chi connectivity index (χ3n) is 2.16. The van der Waals surface area contributed by atoms with E-state index < -0.39 is 5.97 Å². The number of para-hydroxylation sites is 1. The average Bonchev–Trinajstić information content (AvgIpc) is 2.35. The predicted molar refractivity (Wildman–Crippen MR) is 64.7 cm³/mol. The Kier molecular flexibility index (Phi) is 4.28. The van der Waals surface area contributed by atoms with E-state index in [4.69, 9.17) is 5.73 Å². The van der Waals surface area contributed by atoms with Crippen molar-refractivity contribution < 1.29 is 14.3 Å². The van der Waals surface area contributed by atoms with Crippen LogP contribution in [0, 0.1) is 0 Å². The Morgan fingerprint density at radius 3 is 2.71 bits per heavy atom. The van der Waals surface area contributed by atoms with Crippen LogP contribution in [0.5, 0.6) is 0 Å². The lowest BCUT2D eigenvalue weighted by molar-refractivity contribution is 0.0602. The number of rotatable bonds is 4. The van der Waals surface area contributed by atoms with Gasteiger partial charge in [0.05, 0.1) is 23.9 Å². The smallest absolute Gasteiger partial charge is 0.339 e. The van der Waals surface area contributed by atoms with E-state index in [1.807, 2.05) is 0 Å². The maximum atomic E-state index is 11.7. The molecule has 0 aliphatic rings. The molecular weight excluding hydrogens is 220 g/mol. The van der Waals surface area contributed by atoms with Crippen molar-refractivity contribution in [3.63, 3.8) is 0 Å². The number of esters is 1. The minimum Gasteiger partial charge on any atom is -0.465 e. The second kappa shape index (κ2) is 5.69. The van der Waals surface area contributed by atoms with Crippen LogP contribution in [-0.4, -0.2) is 25.5 Å². The molecule has 0 atom stereocenters. The fourth-order valence-electron chi connectivity index (χ4n) is 1.31. The maximum Gasteiger partial charge on any atom is 0.339 e. The van der Waals surface area contributed by atoms with Crippen LogP contribution in [0.25, 0.3) is 0 Å². The molecule has 0 saturated heterocycles. The number of hydrogen-bond donors (Lipinski definition) is 2. The first kappa shape index (κ1) is 12.8. The first-order valence-electron chi connectivity index (χ1n) is 4.97. The van der Waals surface area contributed by atoms with Gasteiger partial charge < -0.3 is 15.8 Å². The SMILES string of the molecule is C=CCNC(=O)c1cccc(C(=O)OC)c1N. The van der Waals surface area contributed by atoms with Crippen LogP contribution < -0.4 is 11.1 Å². The third-order valence-corrected chi connectivity index (χ3v) is 2.16. The second-order valence-electron chi connectivity index (χ2n) is 3.26. The molecule has 1 aromatic rings. The Bertz CT molecular complexity index is 455. The molecule has 17 heavy (non-hydrogen) atoms. The number of carbonyl (C=O) groups excluding carboxylic acids is 2. The van der Waals surface area contributed by atoms with Gasteiger partial charge in [0.25, 0.3) is 5.91 Å². The Morgan fingerprint density at radius 1 is 1.47 bits per heavy atom. The summed E-state index contributed by atoms with van der Waals surface area (Å²) in [6.07, 6.45) is 1.55. The standard InChI is InChI=1S/C12H14N2O3/c1-3-7-14-11(15)8-5-4-6-9(10(8)13)12(16)17-2/h3-6H,1,7,13H2,2H3,(H,14,15). The minimum atomic E-state index is -0.569. The average molecular weight is 234 g/mol. The monoisotopic (exact) mass is 234 g/mol. The van der Waals surface area contributed by atoms with Crippen molar-refractivity contribution in [1.82, 2.24) is 5.32 Å². The zero-order valence-corrected chi connectivity index (χ0v) is 9.53. The molecule has 0 saturated carbocycles. The van der Waals surface area contributed by atoms with Crippen molar-refractivity contribution in [1.29, 1.82) is 0 Å². The molecule has 1 rings (SSSR count). The van der Waals surface area contributed by atoms with Crippen LogP contribution in [0.4, 0.5) is 5.69 Å². The van der Waals surface area contributed by atoms with E-state index in [9.17, 15) is 9.59 Å². The van der Waals surface area contributed by atoms with Crippen molar-refractivity contribution in [2.75, 3.05) is 19.4 Å². The molecule has 3 N–H and O–H groups in total. The van der Waals surface area contributed by atoms with Crippen LogP contribution in [0.2, 0.25) is 0 Å². The number of methoxy groups -OCH3 is 1.